The molecule has 21 heavy (non-hydrogen) atoms. The van der Waals surface area contributed by atoms with Crippen molar-refractivity contribution in [2.45, 2.75) is 59.4 Å². The highest BCUT2D eigenvalue weighted by Gasteiger charge is 2.37. The average Bonchev–Trinajstić information content (AvgIpc) is 2.33. The number of carboxylic acids is 1. The third-order valence-corrected chi connectivity index (χ3v) is 4.01. The van der Waals surface area contributed by atoms with Gasteiger partial charge in [0, 0.05) is 19.0 Å². The van der Waals surface area contributed by atoms with Crippen LogP contribution in [0.3, 0.4) is 0 Å². The second-order valence-electron chi connectivity index (χ2n) is 6.63. The number of hydrogen-bond acceptors (Lipinski definition) is 3. The molecule has 0 aromatic heterocycles. The van der Waals surface area contributed by atoms with Crippen LogP contribution in [0.15, 0.2) is 0 Å². The molecule has 0 saturated heterocycles. The molecule has 0 spiro atoms. The number of carbonyl (C=O) groups is 2. The summed E-state index contributed by atoms with van der Waals surface area (Å²) < 4.78 is 0. The van der Waals surface area contributed by atoms with Gasteiger partial charge in [0.1, 0.15) is 0 Å². The van der Waals surface area contributed by atoms with Gasteiger partial charge in [0.15, 0.2) is 0 Å². The van der Waals surface area contributed by atoms with E-state index in [1.54, 1.807) is 0 Å². The molecule has 1 unspecified atom stereocenters. The normalized spacial score (nSPS) is 13.5. The predicted octanol–water partition coefficient (Wildman–Crippen LogP) is 2.36. The van der Waals surface area contributed by atoms with Crippen LogP contribution in [0, 0.1) is 11.3 Å². The molecule has 0 rings (SSSR count). The Labute approximate surface area is 129 Å². The van der Waals surface area contributed by atoms with E-state index in [9.17, 15) is 14.7 Å². The van der Waals surface area contributed by atoms with E-state index in [-0.39, 0.29) is 18.4 Å². The summed E-state index contributed by atoms with van der Waals surface area (Å²) in [6.45, 7) is 8.66. The van der Waals surface area contributed by atoms with Gasteiger partial charge in [-0.1, -0.05) is 27.7 Å². The SMILES string of the molecule is CCC(CC)(CC(=O)NC(CC(C)C)CN(C)C)C(=O)O. The maximum Gasteiger partial charge on any atom is 0.310 e. The van der Waals surface area contributed by atoms with E-state index < -0.39 is 11.4 Å². The molecule has 5 nitrogen and oxygen atoms in total. The van der Waals surface area contributed by atoms with Crippen molar-refractivity contribution in [2.75, 3.05) is 20.6 Å². The average molecular weight is 300 g/mol. The Morgan fingerprint density at radius 3 is 2.05 bits per heavy atom. The topological polar surface area (TPSA) is 69.6 Å². The summed E-state index contributed by atoms with van der Waals surface area (Å²) in [5.74, 6) is -0.555. The molecule has 0 heterocycles. The van der Waals surface area contributed by atoms with Crippen LogP contribution in [-0.4, -0.2) is 48.6 Å². The van der Waals surface area contributed by atoms with Gasteiger partial charge < -0.3 is 15.3 Å². The lowest BCUT2D eigenvalue weighted by Crippen LogP contribution is -2.45. The maximum absolute atomic E-state index is 12.3. The van der Waals surface area contributed by atoms with E-state index in [2.05, 4.69) is 19.2 Å². The molecule has 0 saturated carbocycles. The minimum atomic E-state index is -0.940. The van der Waals surface area contributed by atoms with Crippen molar-refractivity contribution < 1.29 is 14.7 Å². The van der Waals surface area contributed by atoms with Crippen molar-refractivity contribution in [3.8, 4) is 0 Å². The fourth-order valence-electron chi connectivity index (χ4n) is 2.65. The second kappa shape index (κ2) is 9.03. The van der Waals surface area contributed by atoms with Gasteiger partial charge in [0.25, 0.3) is 0 Å². The number of nitrogens with one attached hydrogen (secondary N) is 1. The summed E-state index contributed by atoms with van der Waals surface area (Å²) >= 11 is 0. The van der Waals surface area contributed by atoms with Crippen molar-refractivity contribution in [1.82, 2.24) is 10.2 Å². The van der Waals surface area contributed by atoms with Crippen molar-refractivity contribution >= 4 is 11.9 Å². The number of rotatable bonds is 10. The Balaban J connectivity index is 4.78. The molecule has 0 radical (unpaired) electrons. The Hall–Kier alpha value is -1.10. The quantitative estimate of drug-likeness (QED) is 0.650. The monoisotopic (exact) mass is 300 g/mol. The molecule has 0 aliphatic carbocycles. The zero-order valence-corrected chi connectivity index (χ0v) is 14.4. The lowest BCUT2D eigenvalue weighted by Gasteiger charge is -2.29. The highest BCUT2D eigenvalue weighted by atomic mass is 16.4. The van der Waals surface area contributed by atoms with Crippen molar-refractivity contribution in [1.29, 1.82) is 0 Å². The Kier molecular flexibility index (Phi) is 8.55. The van der Waals surface area contributed by atoms with Gasteiger partial charge in [-0.15, -0.1) is 0 Å². The first-order chi connectivity index (χ1) is 9.66. The van der Waals surface area contributed by atoms with Crippen LogP contribution in [0.25, 0.3) is 0 Å². The molecule has 124 valence electrons. The molecular formula is C16H32N2O3. The summed E-state index contributed by atoms with van der Waals surface area (Å²) in [4.78, 5) is 25.8. The fraction of sp³-hybridized carbons (Fsp3) is 0.875. The molecule has 0 aromatic carbocycles. The van der Waals surface area contributed by atoms with E-state index in [0.717, 1.165) is 13.0 Å². The Morgan fingerprint density at radius 2 is 1.71 bits per heavy atom. The summed E-state index contributed by atoms with van der Waals surface area (Å²) in [5, 5.41) is 12.4. The fourth-order valence-corrected chi connectivity index (χ4v) is 2.65. The standard InChI is InChI=1S/C16H32N2O3/c1-7-16(8-2,15(20)21)10-14(19)17-13(9-12(3)4)11-18(5)6/h12-13H,7-11H2,1-6H3,(H,17,19)(H,20,21). The number of amides is 1. The molecule has 0 aliphatic heterocycles. The highest BCUT2D eigenvalue weighted by Crippen LogP contribution is 2.31. The summed E-state index contributed by atoms with van der Waals surface area (Å²) in [7, 11) is 3.94. The van der Waals surface area contributed by atoms with Gasteiger partial charge in [-0.05, 0) is 39.3 Å². The van der Waals surface area contributed by atoms with Crippen molar-refractivity contribution in [2.24, 2.45) is 11.3 Å². The number of likely N-dealkylation sites (N-methyl/N-ethyl adjacent to an activating group) is 1. The summed E-state index contributed by atoms with van der Waals surface area (Å²) in [6, 6.07) is 0.0627. The highest BCUT2D eigenvalue weighted by molar-refractivity contribution is 5.85. The Bertz CT molecular complexity index is 326. The predicted molar refractivity (Wildman–Crippen MR) is 85.2 cm³/mol. The molecule has 0 aliphatic rings. The van der Waals surface area contributed by atoms with Crippen LogP contribution < -0.4 is 5.32 Å². The van der Waals surface area contributed by atoms with E-state index in [1.807, 2.05) is 32.8 Å². The van der Waals surface area contributed by atoms with Crippen LogP contribution in [0.4, 0.5) is 0 Å². The number of carbonyl (C=O) groups excluding carboxylic acids is 1. The van der Waals surface area contributed by atoms with Gasteiger partial charge >= 0.3 is 5.97 Å². The van der Waals surface area contributed by atoms with Gasteiger partial charge in [-0.3, -0.25) is 9.59 Å². The van der Waals surface area contributed by atoms with Crippen LogP contribution >= 0.6 is 0 Å². The molecular weight excluding hydrogens is 268 g/mol. The minimum Gasteiger partial charge on any atom is -0.481 e. The number of nitrogens with zero attached hydrogens (tertiary/aromatic N) is 1. The third-order valence-electron chi connectivity index (χ3n) is 4.01. The third kappa shape index (κ3) is 6.93. The number of carboxylic acid groups (broad SMARTS) is 1. The number of hydrogen-bond donors (Lipinski definition) is 2. The molecule has 0 bridgehead atoms. The smallest absolute Gasteiger partial charge is 0.310 e. The lowest BCUT2D eigenvalue weighted by atomic mass is 9.79. The maximum atomic E-state index is 12.3. The van der Waals surface area contributed by atoms with E-state index in [0.29, 0.717) is 18.8 Å². The van der Waals surface area contributed by atoms with E-state index in [1.165, 1.54) is 0 Å². The van der Waals surface area contributed by atoms with Crippen LogP contribution in [-0.2, 0) is 9.59 Å². The van der Waals surface area contributed by atoms with Gasteiger partial charge in [0.2, 0.25) is 5.91 Å². The molecule has 5 heteroatoms. The second-order valence-corrected chi connectivity index (χ2v) is 6.63. The van der Waals surface area contributed by atoms with Crippen molar-refractivity contribution in [3.05, 3.63) is 0 Å². The molecule has 2 N–H and O–H groups in total. The first-order valence-electron chi connectivity index (χ1n) is 7.84. The van der Waals surface area contributed by atoms with Gasteiger partial charge in [-0.2, -0.15) is 0 Å². The zero-order chi connectivity index (χ0) is 16.6. The summed E-state index contributed by atoms with van der Waals surface area (Å²) in [6.07, 6.45) is 1.88. The summed E-state index contributed by atoms with van der Waals surface area (Å²) in [5.41, 5.74) is -0.940. The van der Waals surface area contributed by atoms with E-state index in [4.69, 9.17) is 0 Å². The first kappa shape index (κ1) is 19.9. The Morgan fingerprint density at radius 1 is 1.19 bits per heavy atom. The molecule has 0 aromatic rings. The van der Waals surface area contributed by atoms with Crippen LogP contribution in [0.5, 0.6) is 0 Å². The number of aliphatic carboxylic acids is 1. The van der Waals surface area contributed by atoms with Gasteiger partial charge in [-0.25, -0.2) is 0 Å². The van der Waals surface area contributed by atoms with Crippen LogP contribution in [0.1, 0.15) is 53.4 Å². The van der Waals surface area contributed by atoms with Crippen molar-refractivity contribution in [3.63, 3.8) is 0 Å². The molecule has 1 atom stereocenters. The largest absolute Gasteiger partial charge is 0.481 e. The van der Waals surface area contributed by atoms with Crippen LogP contribution in [0.2, 0.25) is 0 Å². The minimum absolute atomic E-state index is 0.0529. The van der Waals surface area contributed by atoms with Gasteiger partial charge in [0.05, 0.1) is 5.41 Å². The lowest BCUT2D eigenvalue weighted by molar-refractivity contribution is -0.152. The first-order valence-corrected chi connectivity index (χ1v) is 7.84. The molecule has 0 fully saturated rings. The molecule has 1 amide bonds. The zero-order valence-electron chi connectivity index (χ0n) is 14.4. The van der Waals surface area contributed by atoms with E-state index >= 15 is 0 Å².